The van der Waals surface area contributed by atoms with E-state index in [4.69, 9.17) is 46.4 Å². The average Bonchev–Trinajstić information content (AvgIpc) is 2.66. The van der Waals surface area contributed by atoms with Crippen molar-refractivity contribution in [1.29, 1.82) is 0 Å². The van der Waals surface area contributed by atoms with Crippen molar-refractivity contribution >= 4 is 56.5 Å². The second kappa shape index (κ2) is 7.87. The van der Waals surface area contributed by atoms with Gasteiger partial charge < -0.3 is 10.2 Å². The maximum Gasteiger partial charge on any atom is 0.283 e. The molecule has 3 rings (SSSR count). The van der Waals surface area contributed by atoms with Crippen LogP contribution >= 0.6 is 46.4 Å². The molecule has 0 fully saturated rings. The predicted molar refractivity (Wildman–Crippen MR) is 114 cm³/mol. The van der Waals surface area contributed by atoms with Crippen molar-refractivity contribution in [3.63, 3.8) is 0 Å². The first-order chi connectivity index (χ1) is 13.5. The molecule has 0 aliphatic heterocycles. The van der Waals surface area contributed by atoms with E-state index < -0.39 is 26.4 Å². The Hall–Kier alpha value is -1.67. The smallest absolute Gasteiger partial charge is 0.283 e. The largest absolute Gasteiger partial charge is 0.504 e. The number of aromatic hydroxyl groups is 2. The van der Waals surface area contributed by atoms with Crippen molar-refractivity contribution in [2.75, 3.05) is 0 Å². The molecule has 29 heavy (non-hydrogen) atoms. The quantitative estimate of drug-likeness (QED) is 0.182. The first-order valence-electron chi connectivity index (χ1n) is 7.90. The number of phenolic OH excluding ortho intramolecular Hbond substituents is 2. The fraction of sp³-hybridized carbons (Fsp3) is 0.0526. The number of benzene rings is 3. The Morgan fingerprint density at radius 2 is 1.28 bits per heavy atom. The molecule has 0 heterocycles. The summed E-state index contributed by atoms with van der Waals surface area (Å²) in [6.45, 7) is 0. The highest BCUT2D eigenvalue weighted by atomic mass is 35.5. The van der Waals surface area contributed by atoms with E-state index in [9.17, 15) is 23.2 Å². The molecule has 1 atom stereocenters. The molecule has 0 bridgehead atoms. The summed E-state index contributed by atoms with van der Waals surface area (Å²) in [4.78, 5) is 0. The molecule has 10 heteroatoms. The van der Waals surface area contributed by atoms with Crippen LogP contribution in [0.5, 0.6) is 11.5 Å². The fourth-order valence-electron chi connectivity index (χ4n) is 3.19. The number of hydrogen-bond acceptors (Lipinski definition) is 4. The zero-order chi connectivity index (χ0) is 21.6. The van der Waals surface area contributed by atoms with Gasteiger partial charge in [-0.2, -0.15) is 8.42 Å². The van der Waals surface area contributed by atoms with Crippen LogP contribution in [0.2, 0.25) is 20.1 Å². The van der Waals surface area contributed by atoms with Gasteiger partial charge in [0.05, 0.1) is 20.1 Å². The third kappa shape index (κ3) is 3.54. The Balaban J connectivity index is 2.60. The molecule has 3 N–H and O–H groups in total. The van der Waals surface area contributed by atoms with Crippen molar-refractivity contribution < 1.29 is 23.2 Å². The van der Waals surface area contributed by atoms with Crippen LogP contribution in [0.3, 0.4) is 0 Å². The van der Waals surface area contributed by atoms with Gasteiger partial charge >= 0.3 is 0 Å². The number of rotatable bonds is 4. The van der Waals surface area contributed by atoms with Gasteiger partial charge in [-0.05, 0) is 29.3 Å². The summed E-state index contributed by atoms with van der Waals surface area (Å²) >= 11 is 24.1. The van der Waals surface area contributed by atoms with Crippen molar-refractivity contribution in [3.8, 4) is 11.5 Å². The zero-order valence-electron chi connectivity index (χ0n) is 14.3. The highest BCUT2D eigenvalue weighted by Crippen LogP contribution is 2.51. The molecule has 5 nitrogen and oxygen atoms in total. The van der Waals surface area contributed by atoms with E-state index in [2.05, 4.69) is 0 Å². The summed E-state index contributed by atoms with van der Waals surface area (Å²) in [5.41, 5.74) is -0.417. The van der Waals surface area contributed by atoms with Crippen molar-refractivity contribution in [2.24, 2.45) is 0 Å². The van der Waals surface area contributed by atoms with E-state index in [-0.39, 0.29) is 36.8 Å². The Kier molecular flexibility index (Phi) is 5.98. The van der Waals surface area contributed by atoms with E-state index in [0.29, 0.717) is 0 Å². The van der Waals surface area contributed by atoms with Crippen molar-refractivity contribution in [1.82, 2.24) is 0 Å². The van der Waals surface area contributed by atoms with Crippen molar-refractivity contribution in [2.45, 2.75) is 4.75 Å². The maximum atomic E-state index is 12.9. The molecule has 0 amide bonds. The van der Waals surface area contributed by atoms with E-state index >= 15 is 0 Å². The molecule has 0 saturated heterocycles. The van der Waals surface area contributed by atoms with Gasteiger partial charge in [0, 0.05) is 5.56 Å². The fourth-order valence-corrected chi connectivity index (χ4v) is 5.23. The van der Waals surface area contributed by atoms with Gasteiger partial charge in [-0.1, -0.05) is 82.8 Å². The normalized spacial score (nSPS) is 13.8. The summed E-state index contributed by atoms with van der Waals surface area (Å²) in [6.07, 6.45) is 0. The lowest BCUT2D eigenvalue weighted by Crippen LogP contribution is -2.38. The van der Waals surface area contributed by atoms with E-state index in [1.807, 2.05) is 0 Å². The van der Waals surface area contributed by atoms with Crippen LogP contribution in [-0.4, -0.2) is 23.2 Å². The minimum atomic E-state index is -5.06. The Labute approximate surface area is 186 Å². The van der Waals surface area contributed by atoms with Gasteiger partial charge in [0.2, 0.25) is 0 Å². The van der Waals surface area contributed by atoms with Gasteiger partial charge in [0.1, 0.15) is 0 Å². The molecule has 0 spiro atoms. The van der Waals surface area contributed by atoms with Crippen LogP contribution in [0.15, 0.2) is 54.6 Å². The van der Waals surface area contributed by atoms with Gasteiger partial charge in [-0.15, -0.1) is 0 Å². The molecule has 0 aliphatic carbocycles. The minimum Gasteiger partial charge on any atom is -0.504 e. The second-order valence-corrected chi connectivity index (χ2v) is 9.23. The lowest BCUT2D eigenvalue weighted by molar-refractivity contribution is 0.394. The number of halogens is 4. The standard InChI is InChI=1S/C19H12Cl4O5S/c20-13-7-6-12(17(24)18(13)25)19(29(26,27)28,10-4-2-1-3-5-10)11-8-14(21)16(23)15(22)9-11/h1-9,24-25H,(H,26,27,28). The first-order valence-corrected chi connectivity index (χ1v) is 10.9. The van der Waals surface area contributed by atoms with E-state index in [0.717, 1.165) is 0 Å². The summed E-state index contributed by atoms with van der Waals surface area (Å²) < 4.78 is 33.9. The van der Waals surface area contributed by atoms with Crippen LogP contribution in [0.25, 0.3) is 0 Å². The van der Waals surface area contributed by atoms with Gasteiger partial charge in [-0.25, -0.2) is 0 Å². The molecule has 1 unspecified atom stereocenters. The summed E-state index contributed by atoms with van der Waals surface area (Å²) in [5.74, 6) is -1.58. The van der Waals surface area contributed by atoms with Gasteiger partial charge in [0.25, 0.3) is 10.1 Å². The third-order valence-electron chi connectivity index (χ3n) is 4.44. The average molecular weight is 494 g/mol. The zero-order valence-corrected chi connectivity index (χ0v) is 18.1. The molecular weight excluding hydrogens is 482 g/mol. The second-order valence-electron chi connectivity index (χ2n) is 6.07. The SMILES string of the molecule is O=S(=O)(O)C(c1ccccc1)(c1cc(Cl)c(Cl)c(Cl)c1)c1ccc(Cl)c(O)c1O. The van der Waals surface area contributed by atoms with Gasteiger partial charge in [-0.3, -0.25) is 4.55 Å². The monoisotopic (exact) mass is 492 g/mol. The number of hydrogen-bond donors (Lipinski definition) is 3. The molecule has 0 saturated carbocycles. The Morgan fingerprint density at radius 3 is 1.79 bits per heavy atom. The molecule has 0 radical (unpaired) electrons. The van der Waals surface area contributed by atoms with Crippen molar-refractivity contribution in [3.05, 3.63) is 91.4 Å². The van der Waals surface area contributed by atoms with Crippen LogP contribution < -0.4 is 0 Å². The van der Waals surface area contributed by atoms with E-state index in [1.54, 1.807) is 18.2 Å². The van der Waals surface area contributed by atoms with Crippen LogP contribution in [-0.2, 0) is 14.9 Å². The van der Waals surface area contributed by atoms with E-state index in [1.165, 1.54) is 36.4 Å². The summed E-state index contributed by atoms with van der Waals surface area (Å²) in [7, 11) is -5.06. The third-order valence-corrected chi connectivity index (χ3v) is 7.41. The molecule has 152 valence electrons. The molecule has 3 aromatic carbocycles. The van der Waals surface area contributed by atoms with Crippen LogP contribution in [0.1, 0.15) is 16.7 Å². The molecule has 0 aromatic heterocycles. The first kappa shape index (κ1) is 22.0. The van der Waals surface area contributed by atoms with Crippen LogP contribution in [0, 0.1) is 0 Å². The lowest BCUT2D eigenvalue weighted by atomic mass is 9.83. The minimum absolute atomic E-state index is 0.0161. The number of phenols is 2. The summed E-state index contributed by atoms with van der Waals surface area (Å²) in [6, 6.07) is 12.4. The Morgan fingerprint density at radius 1 is 0.724 bits per heavy atom. The van der Waals surface area contributed by atoms with Gasteiger partial charge in [0.15, 0.2) is 16.2 Å². The predicted octanol–water partition coefficient (Wildman–Crippen LogP) is 5.89. The molecular formula is C19H12Cl4O5S. The lowest BCUT2D eigenvalue weighted by Gasteiger charge is -2.33. The maximum absolute atomic E-state index is 12.9. The molecule has 0 aliphatic rings. The topological polar surface area (TPSA) is 94.8 Å². The van der Waals surface area contributed by atoms with Crippen LogP contribution in [0.4, 0.5) is 0 Å². The Bertz CT molecular complexity index is 1180. The molecule has 3 aromatic rings. The highest BCUT2D eigenvalue weighted by molar-refractivity contribution is 7.87. The summed E-state index contributed by atoms with van der Waals surface area (Å²) in [5, 5.41) is 20.3. The highest BCUT2D eigenvalue weighted by Gasteiger charge is 2.51.